The summed E-state index contributed by atoms with van der Waals surface area (Å²) in [6.45, 7) is 0.102. The van der Waals surface area contributed by atoms with Crippen LogP contribution in [0.25, 0.3) is 11.2 Å². The molecule has 0 aliphatic heterocycles. The fourth-order valence-electron chi connectivity index (χ4n) is 4.26. The lowest BCUT2D eigenvalue weighted by atomic mass is 10.1. The van der Waals surface area contributed by atoms with Gasteiger partial charge in [0.25, 0.3) is 0 Å². The van der Waals surface area contributed by atoms with Crippen molar-refractivity contribution in [1.82, 2.24) is 14.5 Å². The van der Waals surface area contributed by atoms with Crippen molar-refractivity contribution in [3.05, 3.63) is 54.0 Å². The van der Waals surface area contributed by atoms with Crippen molar-refractivity contribution in [3.63, 3.8) is 0 Å². The first kappa shape index (κ1) is 16.6. The average Bonchev–Trinajstić information content (AvgIpc) is 3.26. The number of nitrogens with one attached hydrogen (secondary N) is 1. The van der Waals surface area contributed by atoms with Crippen LogP contribution in [0.5, 0.6) is 0 Å². The molecule has 0 amide bonds. The van der Waals surface area contributed by atoms with Gasteiger partial charge in [-0.05, 0) is 42.5 Å². The first-order valence-electron chi connectivity index (χ1n) is 8.90. The molecule has 2 heterocycles. The predicted octanol–water partition coefficient (Wildman–Crippen LogP) is 2.23. The molecule has 2 aliphatic carbocycles. The lowest BCUT2D eigenvalue weighted by molar-refractivity contribution is 0.00386. The zero-order chi connectivity index (χ0) is 18.7. The van der Waals surface area contributed by atoms with Gasteiger partial charge in [-0.2, -0.15) is 0 Å². The van der Waals surface area contributed by atoms with E-state index in [1.807, 2.05) is 4.57 Å². The van der Waals surface area contributed by atoms with Gasteiger partial charge in [0.05, 0.1) is 24.2 Å². The number of aliphatic hydroxyl groups excluding tert-OH is 2. The van der Waals surface area contributed by atoms with Crippen LogP contribution in [0.3, 0.4) is 0 Å². The third-order valence-corrected chi connectivity index (χ3v) is 5.73. The van der Waals surface area contributed by atoms with Gasteiger partial charge in [0, 0.05) is 18.3 Å². The molecule has 0 radical (unpaired) electrons. The van der Waals surface area contributed by atoms with Crippen molar-refractivity contribution in [2.45, 2.75) is 31.2 Å². The van der Waals surface area contributed by atoms with Gasteiger partial charge in [-0.25, -0.2) is 18.7 Å². The summed E-state index contributed by atoms with van der Waals surface area (Å²) in [4.78, 5) is 8.78. The number of aromatic nitrogens is 3. The van der Waals surface area contributed by atoms with E-state index >= 15 is 0 Å². The highest BCUT2D eigenvalue weighted by molar-refractivity contribution is 5.85. The number of pyridine rings is 1. The molecule has 5 rings (SSSR count). The van der Waals surface area contributed by atoms with Gasteiger partial charge in [0.15, 0.2) is 5.65 Å². The number of imidazole rings is 1. The van der Waals surface area contributed by atoms with E-state index < -0.39 is 23.8 Å². The molecule has 0 unspecified atom stereocenters. The maximum absolute atomic E-state index is 13.8. The van der Waals surface area contributed by atoms with E-state index in [1.54, 1.807) is 18.6 Å². The molecule has 2 fully saturated rings. The van der Waals surface area contributed by atoms with Crippen LogP contribution < -0.4 is 5.32 Å². The number of benzene rings is 1. The van der Waals surface area contributed by atoms with Crippen LogP contribution in [0.15, 0.2) is 36.8 Å². The number of anilines is 1. The van der Waals surface area contributed by atoms with Crippen molar-refractivity contribution in [2.75, 3.05) is 5.32 Å². The molecule has 140 valence electrons. The van der Waals surface area contributed by atoms with E-state index in [4.69, 9.17) is 0 Å². The van der Waals surface area contributed by atoms with Gasteiger partial charge >= 0.3 is 0 Å². The Bertz CT molecular complexity index is 1020. The Morgan fingerprint density at radius 3 is 2.74 bits per heavy atom. The molecule has 5 atom stereocenters. The Morgan fingerprint density at radius 1 is 1.11 bits per heavy atom. The van der Waals surface area contributed by atoms with Crippen LogP contribution in [0.2, 0.25) is 0 Å². The Kier molecular flexibility index (Phi) is 3.66. The van der Waals surface area contributed by atoms with Crippen molar-refractivity contribution in [3.8, 4) is 0 Å². The largest absolute Gasteiger partial charge is 0.390 e. The number of nitrogens with zero attached hydrogens (tertiary/aromatic N) is 3. The number of hydrogen-bond donors (Lipinski definition) is 3. The summed E-state index contributed by atoms with van der Waals surface area (Å²) in [5, 5.41) is 23.5. The van der Waals surface area contributed by atoms with Gasteiger partial charge in [-0.15, -0.1) is 0 Å². The van der Waals surface area contributed by atoms with E-state index in [9.17, 15) is 19.0 Å². The molecule has 0 saturated heterocycles. The molecule has 0 spiro atoms. The minimum atomic E-state index is -0.842. The van der Waals surface area contributed by atoms with Crippen LogP contribution in [-0.4, -0.2) is 37.0 Å². The SMILES string of the molecule is O[C@@H]1[C@H](O)[C@@H]2C[C@@H]2[C@H]1n1cnc2c(NCc3cc(F)ccc3F)ccnc21. The summed E-state index contributed by atoms with van der Waals surface area (Å²) in [6.07, 6.45) is 2.56. The number of hydrogen-bond acceptors (Lipinski definition) is 5. The van der Waals surface area contributed by atoms with Crippen LogP contribution in [0.4, 0.5) is 14.5 Å². The molecular formula is C19H18F2N4O2. The highest BCUT2D eigenvalue weighted by Crippen LogP contribution is 2.57. The zero-order valence-corrected chi connectivity index (χ0v) is 14.3. The third kappa shape index (κ3) is 2.59. The van der Waals surface area contributed by atoms with Crippen molar-refractivity contribution in [1.29, 1.82) is 0 Å². The van der Waals surface area contributed by atoms with Crippen molar-refractivity contribution < 1.29 is 19.0 Å². The number of halogens is 2. The Hall–Kier alpha value is -2.58. The van der Waals surface area contributed by atoms with Gasteiger partial charge in [-0.1, -0.05) is 0 Å². The molecule has 2 aromatic heterocycles. The Balaban J connectivity index is 1.45. The maximum atomic E-state index is 13.8. The Morgan fingerprint density at radius 2 is 1.96 bits per heavy atom. The fraction of sp³-hybridized carbons (Fsp3) is 0.368. The second-order valence-electron chi connectivity index (χ2n) is 7.31. The fourth-order valence-corrected chi connectivity index (χ4v) is 4.26. The molecule has 2 aliphatic rings. The van der Waals surface area contributed by atoms with Gasteiger partial charge < -0.3 is 20.1 Å². The highest BCUT2D eigenvalue weighted by Gasteiger charge is 2.60. The molecule has 6 nitrogen and oxygen atoms in total. The summed E-state index contributed by atoms with van der Waals surface area (Å²) >= 11 is 0. The molecule has 27 heavy (non-hydrogen) atoms. The second-order valence-corrected chi connectivity index (χ2v) is 7.31. The topological polar surface area (TPSA) is 83.2 Å². The Labute approximate surface area is 153 Å². The lowest BCUT2D eigenvalue weighted by Gasteiger charge is -2.22. The van der Waals surface area contributed by atoms with Crippen molar-refractivity contribution in [2.24, 2.45) is 11.8 Å². The maximum Gasteiger partial charge on any atom is 0.162 e. The van der Waals surface area contributed by atoms with Crippen LogP contribution >= 0.6 is 0 Å². The van der Waals surface area contributed by atoms with Gasteiger partial charge in [-0.3, -0.25) is 0 Å². The molecule has 8 heteroatoms. The van der Waals surface area contributed by atoms with E-state index in [0.29, 0.717) is 16.9 Å². The van der Waals surface area contributed by atoms with Crippen molar-refractivity contribution >= 4 is 16.9 Å². The highest BCUT2D eigenvalue weighted by atomic mass is 19.1. The summed E-state index contributed by atoms with van der Waals surface area (Å²) in [5.41, 5.74) is 2.03. The van der Waals surface area contributed by atoms with Crippen LogP contribution in [0.1, 0.15) is 18.0 Å². The van der Waals surface area contributed by atoms with E-state index in [0.717, 1.165) is 24.6 Å². The normalized spacial score (nSPS) is 29.1. The minimum Gasteiger partial charge on any atom is -0.390 e. The number of fused-ring (bicyclic) bond motifs is 2. The van der Waals surface area contributed by atoms with E-state index in [2.05, 4.69) is 15.3 Å². The summed E-state index contributed by atoms with van der Waals surface area (Å²) < 4.78 is 29.0. The molecule has 2 saturated carbocycles. The molecule has 0 bridgehead atoms. The summed E-state index contributed by atoms with van der Waals surface area (Å²) in [6, 6.07) is 4.80. The first-order valence-corrected chi connectivity index (χ1v) is 8.90. The molecule has 1 aromatic carbocycles. The van der Waals surface area contributed by atoms with Gasteiger partial charge in [0.1, 0.15) is 23.3 Å². The number of rotatable bonds is 4. The standard InChI is InChI=1S/C19H18F2N4O2/c20-10-1-2-13(21)9(5-10)7-23-14-3-4-22-19-15(14)24-8-25(19)16-11-6-12(11)17(26)18(16)27/h1-5,8,11-12,16-18,26-27H,6-7H2,(H,22,23)/t11-,12+,16+,17+,18-/m0/s1. The monoisotopic (exact) mass is 372 g/mol. The van der Waals surface area contributed by atoms with E-state index in [-0.39, 0.29) is 30.0 Å². The quantitative estimate of drug-likeness (QED) is 0.654. The summed E-state index contributed by atoms with van der Waals surface area (Å²) in [5.74, 6) is -0.611. The smallest absolute Gasteiger partial charge is 0.162 e. The molecule has 3 aromatic rings. The second kappa shape index (κ2) is 5.97. The van der Waals surface area contributed by atoms with Crippen LogP contribution in [0, 0.1) is 23.5 Å². The predicted molar refractivity (Wildman–Crippen MR) is 93.9 cm³/mol. The molecular weight excluding hydrogens is 354 g/mol. The third-order valence-electron chi connectivity index (χ3n) is 5.73. The van der Waals surface area contributed by atoms with Gasteiger partial charge in [0.2, 0.25) is 0 Å². The number of aliphatic hydroxyl groups is 2. The average molecular weight is 372 g/mol. The lowest BCUT2D eigenvalue weighted by Crippen LogP contribution is -2.31. The van der Waals surface area contributed by atoms with Crippen LogP contribution in [-0.2, 0) is 6.54 Å². The van der Waals surface area contributed by atoms with E-state index in [1.165, 1.54) is 0 Å². The summed E-state index contributed by atoms with van der Waals surface area (Å²) in [7, 11) is 0. The zero-order valence-electron chi connectivity index (χ0n) is 14.3. The minimum absolute atomic E-state index is 0.102. The first-order chi connectivity index (χ1) is 13.0. The molecule has 3 N–H and O–H groups in total.